The Morgan fingerprint density at radius 3 is 2.11 bits per heavy atom. The molecule has 0 amide bonds. The molecule has 0 aromatic heterocycles. The molecule has 0 saturated heterocycles. The van der Waals surface area contributed by atoms with Crippen LogP contribution >= 0.6 is 20.3 Å². The van der Waals surface area contributed by atoms with Crippen molar-refractivity contribution in [3.8, 4) is 0 Å². The summed E-state index contributed by atoms with van der Waals surface area (Å²) in [6.45, 7) is 14.2. The summed E-state index contributed by atoms with van der Waals surface area (Å²) in [5, 5.41) is 0.156. The van der Waals surface area contributed by atoms with Gasteiger partial charge in [0.05, 0.1) is 6.61 Å². The van der Waals surface area contributed by atoms with Crippen LogP contribution < -0.4 is 0 Å². The Balaban J connectivity index is 4.04. The van der Waals surface area contributed by atoms with Gasteiger partial charge in [-0.25, -0.2) is 4.67 Å². The molecule has 0 radical (unpaired) electrons. The van der Waals surface area contributed by atoms with Gasteiger partial charge in [0.25, 0.3) is 8.53 Å². The molecule has 0 aromatic carbocycles. The maximum absolute atomic E-state index is 11.7. The normalized spacial score (nSPS) is 14.5. The van der Waals surface area contributed by atoms with Gasteiger partial charge >= 0.3 is 0 Å². The van der Waals surface area contributed by atoms with E-state index < -0.39 is 8.53 Å². The van der Waals surface area contributed by atoms with Crippen molar-refractivity contribution in [1.29, 1.82) is 0 Å². The standard InChI is InChI=1S/C13H28NO3PS/c1-10(2)14(11(3)4)18(16)17-8-9-19-12(15)13(5,6)7/h10-11,16H,8-9H2,1-7H3. The van der Waals surface area contributed by atoms with Gasteiger partial charge in [-0.15, -0.1) is 0 Å². The number of rotatable bonds is 7. The zero-order valence-electron chi connectivity index (χ0n) is 13.1. The Labute approximate surface area is 123 Å². The zero-order chi connectivity index (χ0) is 15.2. The molecule has 0 spiro atoms. The van der Waals surface area contributed by atoms with Gasteiger partial charge in [-0.3, -0.25) is 4.79 Å². The highest BCUT2D eigenvalue weighted by molar-refractivity contribution is 8.13. The number of hydrogen-bond donors (Lipinski definition) is 1. The third-order valence-electron chi connectivity index (χ3n) is 2.39. The maximum Gasteiger partial charge on any atom is 0.256 e. The lowest BCUT2D eigenvalue weighted by atomic mass is 10.00. The second-order valence-electron chi connectivity index (χ2n) is 6.04. The highest BCUT2D eigenvalue weighted by atomic mass is 32.2. The monoisotopic (exact) mass is 309 g/mol. The average Bonchev–Trinajstić information content (AvgIpc) is 2.21. The molecule has 0 saturated carbocycles. The van der Waals surface area contributed by atoms with Gasteiger partial charge < -0.3 is 9.42 Å². The first-order valence-electron chi connectivity index (χ1n) is 6.64. The van der Waals surface area contributed by atoms with Crippen molar-refractivity contribution in [1.82, 2.24) is 4.67 Å². The van der Waals surface area contributed by atoms with E-state index in [2.05, 4.69) is 0 Å². The highest BCUT2D eigenvalue weighted by Crippen LogP contribution is 2.40. The largest absolute Gasteiger partial charge is 0.338 e. The highest BCUT2D eigenvalue weighted by Gasteiger charge is 2.25. The molecular formula is C13H28NO3PS. The molecule has 1 atom stereocenters. The third kappa shape index (κ3) is 7.62. The van der Waals surface area contributed by atoms with Crippen LogP contribution in [-0.2, 0) is 9.32 Å². The van der Waals surface area contributed by atoms with Gasteiger partial charge in [0, 0.05) is 23.3 Å². The van der Waals surface area contributed by atoms with E-state index in [1.807, 2.05) is 53.1 Å². The Kier molecular flexibility index (Phi) is 8.73. The van der Waals surface area contributed by atoms with Gasteiger partial charge in [-0.2, -0.15) is 0 Å². The molecule has 4 nitrogen and oxygen atoms in total. The van der Waals surface area contributed by atoms with Crippen LogP contribution in [0.25, 0.3) is 0 Å². The summed E-state index contributed by atoms with van der Waals surface area (Å²) in [7, 11) is -1.57. The number of thioether (sulfide) groups is 1. The van der Waals surface area contributed by atoms with Crippen molar-refractivity contribution < 1.29 is 14.2 Å². The van der Waals surface area contributed by atoms with Crippen LogP contribution in [0.4, 0.5) is 0 Å². The molecule has 0 rings (SSSR count). The van der Waals surface area contributed by atoms with Crippen LogP contribution in [0.3, 0.4) is 0 Å². The van der Waals surface area contributed by atoms with Crippen molar-refractivity contribution >= 4 is 25.4 Å². The average molecular weight is 309 g/mol. The summed E-state index contributed by atoms with van der Waals surface area (Å²) in [5.41, 5.74) is -0.323. The predicted molar refractivity (Wildman–Crippen MR) is 84.1 cm³/mol. The molecule has 0 aromatic rings. The molecule has 19 heavy (non-hydrogen) atoms. The van der Waals surface area contributed by atoms with Crippen LogP contribution in [0.5, 0.6) is 0 Å². The fourth-order valence-corrected chi connectivity index (χ4v) is 3.61. The minimum Gasteiger partial charge on any atom is -0.338 e. The summed E-state index contributed by atoms with van der Waals surface area (Å²) >= 11 is 1.27. The molecule has 1 N–H and O–H groups in total. The first-order valence-corrected chi connectivity index (χ1v) is 8.79. The van der Waals surface area contributed by atoms with E-state index in [9.17, 15) is 9.69 Å². The molecule has 6 heteroatoms. The topological polar surface area (TPSA) is 49.8 Å². The predicted octanol–water partition coefficient (Wildman–Crippen LogP) is 3.65. The minimum atomic E-state index is -1.57. The molecule has 0 bridgehead atoms. The van der Waals surface area contributed by atoms with Gasteiger partial charge in [0.15, 0.2) is 5.12 Å². The second kappa shape index (κ2) is 8.58. The molecule has 0 aliphatic heterocycles. The first-order chi connectivity index (χ1) is 8.57. The van der Waals surface area contributed by atoms with Gasteiger partial charge in [-0.1, -0.05) is 32.5 Å². The van der Waals surface area contributed by atoms with E-state index in [1.54, 1.807) is 0 Å². The molecule has 0 aliphatic rings. The van der Waals surface area contributed by atoms with E-state index in [1.165, 1.54) is 11.8 Å². The van der Waals surface area contributed by atoms with Crippen LogP contribution in [0.15, 0.2) is 0 Å². The van der Waals surface area contributed by atoms with Crippen LogP contribution in [-0.4, -0.2) is 39.1 Å². The fraction of sp³-hybridized carbons (Fsp3) is 0.923. The number of carbonyl (C=O) groups is 1. The lowest BCUT2D eigenvalue weighted by Crippen LogP contribution is -2.33. The number of nitrogens with zero attached hydrogens (tertiary/aromatic N) is 1. The lowest BCUT2D eigenvalue weighted by Gasteiger charge is -2.32. The molecule has 1 unspecified atom stereocenters. The van der Waals surface area contributed by atoms with Gasteiger partial charge in [0.1, 0.15) is 0 Å². The lowest BCUT2D eigenvalue weighted by molar-refractivity contribution is -0.117. The molecule has 0 aliphatic carbocycles. The quantitative estimate of drug-likeness (QED) is 0.574. The fourth-order valence-electron chi connectivity index (χ4n) is 1.53. The van der Waals surface area contributed by atoms with Crippen molar-refractivity contribution in [3.63, 3.8) is 0 Å². The van der Waals surface area contributed by atoms with Crippen molar-refractivity contribution in [3.05, 3.63) is 0 Å². The van der Waals surface area contributed by atoms with Crippen LogP contribution in [0, 0.1) is 5.41 Å². The van der Waals surface area contributed by atoms with E-state index >= 15 is 0 Å². The second-order valence-corrected chi connectivity index (χ2v) is 8.33. The Bertz CT molecular complexity index is 272. The molecule has 0 heterocycles. The zero-order valence-corrected chi connectivity index (χ0v) is 14.8. The Morgan fingerprint density at radius 2 is 1.74 bits per heavy atom. The van der Waals surface area contributed by atoms with E-state index in [-0.39, 0.29) is 22.6 Å². The van der Waals surface area contributed by atoms with Crippen LogP contribution in [0.2, 0.25) is 0 Å². The molecular weight excluding hydrogens is 281 g/mol. The molecule has 0 fully saturated rings. The SMILES string of the molecule is CC(C)N(C(C)C)P(O)OCCSC(=O)C(C)(C)C. The number of hydrogen-bond acceptors (Lipinski definition) is 5. The first kappa shape index (κ1) is 19.3. The summed E-state index contributed by atoms with van der Waals surface area (Å²) in [5.74, 6) is 0.583. The van der Waals surface area contributed by atoms with E-state index in [0.29, 0.717) is 12.4 Å². The summed E-state index contributed by atoms with van der Waals surface area (Å²) in [6.07, 6.45) is 0. The van der Waals surface area contributed by atoms with Gasteiger partial charge in [-0.05, 0) is 27.7 Å². The van der Waals surface area contributed by atoms with Crippen molar-refractivity contribution in [2.75, 3.05) is 12.4 Å². The summed E-state index contributed by atoms with van der Waals surface area (Å²) in [6, 6.07) is 0.472. The minimum absolute atomic E-state index is 0.156. The van der Waals surface area contributed by atoms with Crippen LogP contribution in [0.1, 0.15) is 48.5 Å². The Morgan fingerprint density at radius 1 is 1.26 bits per heavy atom. The summed E-state index contributed by atoms with van der Waals surface area (Å²) in [4.78, 5) is 21.7. The van der Waals surface area contributed by atoms with Crippen molar-refractivity contribution in [2.24, 2.45) is 5.41 Å². The van der Waals surface area contributed by atoms with Gasteiger partial charge in [0.2, 0.25) is 0 Å². The number of carbonyl (C=O) groups excluding carboxylic acids is 1. The Hall–Kier alpha value is 0.330. The van der Waals surface area contributed by atoms with Crippen molar-refractivity contribution in [2.45, 2.75) is 60.5 Å². The smallest absolute Gasteiger partial charge is 0.256 e. The molecule has 114 valence electrons. The maximum atomic E-state index is 11.7. The third-order valence-corrected chi connectivity index (χ3v) is 5.37. The van der Waals surface area contributed by atoms with E-state index in [4.69, 9.17) is 4.52 Å². The summed E-state index contributed by atoms with van der Waals surface area (Å²) < 4.78 is 7.41. The van der Waals surface area contributed by atoms with E-state index in [0.717, 1.165) is 0 Å².